The fraction of sp³-hybridized carbons (Fsp3) is 0.222. The zero-order valence-electron chi connectivity index (χ0n) is 13.5. The summed E-state index contributed by atoms with van der Waals surface area (Å²) in [4.78, 5) is 17.4. The Kier molecular flexibility index (Phi) is 6.03. The lowest BCUT2D eigenvalue weighted by molar-refractivity contribution is -0.127. The van der Waals surface area contributed by atoms with Gasteiger partial charge in [-0.1, -0.05) is 12.1 Å². The van der Waals surface area contributed by atoms with Crippen molar-refractivity contribution in [1.82, 2.24) is 9.88 Å². The van der Waals surface area contributed by atoms with Crippen molar-refractivity contribution in [2.24, 2.45) is 0 Å². The largest absolute Gasteiger partial charge is 0.497 e. The number of carbonyl (C=O) groups is 1. The van der Waals surface area contributed by atoms with E-state index in [2.05, 4.69) is 4.98 Å². The average molecular weight is 330 g/mol. The Morgan fingerprint density at radius 2 is 2.08 bits per heavy atom. The molecule has 0 saturated heterocycles. The first-order valence-corrected chi connectivity index (χ1v) is 7.35. The Balaban J connectivity index is 2.11. The van der Waals surface area contributed by atoms with E-state index in [1.807, 2.05) is 0 Å². The molecule has 0 aliphatic heterocycles. The first kappa shape index (κ1) is 17.6. The van der Waals surface area contributed by atoms with Gasteiger partial charge in [-0.15, -0.1) is 0 Å². The smallest absolute Gasteiger partial charge is 0.246 e. The predicted octanol–water partition coefficient (Wildman–Crippen LogP) is 2.43. The minimum Gasteiger partial charge on any atom is -0.497 e. The van der Waals surface area contributed by atoms with Crippen molar-refractivity contribution in [3.8, 4) is 5.75 Å². The lowest BCUT2D eigenvalue weighted by Crippen LogP contribution is -2.32. The van der Waals surface area contributed by atoms with E-state index in [1.165, 1.54) is 29.3 Å². The third-order valence-electron chi connectivity index (χ3n) is 3.63. The minimum absolute atomic E-state index is 0.218. The maximum absolute atomic E-state index is 13.1. The number of methoxy groups -OCH3 is 1. The molecule has 1 aromatic carbocycles. The number of aromatic nitrogens is 1. The Labute approximate surface area is 140 Å². The van der Waals surface area contributed by atoms with Crippen LogP contribution in [0.25, 0.3) is 6.08 Å². The van der Waals surface area contributed by atoms with Gasteiger partial charge in [0.25, 0.3) is 0 Å². The van der Waals surface area contributed by atoms with Gasteiger partial charge in [0.05, 0.1) is 26.0 Å². The maximum atomic E-state index is 13.1. The van der Waals surface area contributed by atoms with Crippen LogP contribution in [0.1, 0.15) is 17.2 Å². The third kappa shape index (κ3) is 4.39. The van der Waals surface area contributed by atoms with Gasteiger partial charge >= 0.3 is 0 Å². The first-order valence-electron chi connectivity index (χ1n) is 7.35. The van der Waals surface area contributed by atoms with Gasteiger partial charge in [-0.2, -0.15) is 0 Å². The number of hydrogen-bond donors (Lipinski definition) is 1. The molecule has 1 amide bonds. The summed E-state index contributed by atoms with van der Waals surface area (Å²) in [6.07, 6.45) is 5.36. The molecule has 1 N–H and O–H groups in total. The molecular formula is C18H19FN2O3. The summed E-state index contributed by atoms with van der Waals surface area (Å²) in [5.41, 5.74) is 1.27. The molecule has 0 radical (unpaired) electrons. The molecule has 0 fully saturated rings. The molecule has 0 spiro atoms. The van der Waals surface area contributed by atoms with Crippen molar-refractivity contribution in [2.75, 3.05) is 20.8 Å². The monoisotopic (exact) mass is 330 g/mol. The molecule has 2 aromatic rings. The number of pyridine rings is 1. The molecule has 2 rings (SSSR count). The number of likely N-dealkylation sites (N-methyl/N-ethyl adjacent to an activating group) is 1. The van der Waals surface area contributed by atoms with Crippen molar-refractivity contribution in [3.63, 3.8) is 0 Å². The van der Waals surface area contributed by atoms with Crippen molar-refractivity contribution in [2.45, 2.75) is 6.04 Å². The van der Waals surface area contributed by atoms with Crippen LogP contribution >= 0.6 is 0 Å². The number of carbonyl (C=O) groups excluding carboxylic acids is 1. The van der Waals surface area contributed by atoms with Crippen LogP contribution in [-0.2, 0) is 4.79 Å². The molecule has 0 saturated carbocycles. The van der Waals surface area contributed by atoms with Gasteiger partial charge in [-0.05, 0) is 35.4 Å². The van der Waals surface area contributed by atoms with Crippen LogP contribution in [0.4, 0.5) is 4.39 Å². The average Bonchev–Trinajstić information content (AvgIpc) is 2.61. The van der Waals surface area contributed by atoms with Crippen LogP contribution < -0.4 is 4.74 Å². The lowest BCUT2D eigenvalue weighted by Gasteiger charge is -2.26. The molecule has 1 unspecified atom stereocenters. The van der Waals surface area contributed by atoms with Gasteiger partial charge in [-0.25, -0.2) is 4.39 Å². The van der Waals surface area contributed by atoms with Gasteiger partial charge in [0.2, 0.25) is 5.91 Å². The second kappa shape index (κ2) is 8.21. The van der Waals surface area contributed by atoms with Crippen LogP contribution in [-0.4, -0.2) is 41.7 Å². The maximum Gasteiger partial charge on any atom is 0.246 e. The number of nitrogens with zero attached hydrogens (tertiary/aromatic N) is 2. The zero-order chi connectivity index (χ0) is 17.5. The van der Waals surface area contributed by atoms with Crippen LogP contribution in [0.2, 0.25) is 0 Å². The summed E-state index contributed by atoms with van der Waals surface area (Å²) in [5.74, 6) is -0.0820. The molecule has 0 bridgehead atoms. The van der Waals surface area contributed by atoms with Gasteiger partial charge < -0.3 is 14.7 Å². The van der Waals surface area contributed by atoms with Gasteiger partial charge in [0.15, 0.2) is 0 Å². The Hall–Kier alpha value is -2.73. The number of ether oxygens (including phenoxy) is 1. The van der Waals surface area contributed by atoms with Crippen LogP contribution in [0.15, 0.2) is 48.8 Å². The third-order valence-corrected chi connectivity index (χ3v) is 3.63. The highest BCUT2D eigenvalue weighted by molar-refractivity contribution is 5.91. The van der Waals surface area contributed by atoms with Gasteiger partial charge in [0, 0.05) is 19.3 Å². The van der Waals surface area contributed by atoms with Crippen LogP contribution in [0.3, 0.4) is 0 Å². The molecule has 1 heterocycles. The van der Waals surface area contributed by atoms with E-state index < -0.39 is 11.9 Å². The zero-order valence-corrected chi connectivity index (χ0v) is 13.5. The van der Waals surface area contributed by atoms with Crippen molar-refractivity contribution in [1.29, 1.82) is 0 Å². The molecule has 6 heteroatoms. The number of rotatable bonds is 6. The predicted molar refractivity (Wildman–Crippen MR) is 88.8 cm³/mol. The van der Waals surface area contributed by atoms with E-state index in [9.17, 15) is 14.3 Å². The fourth-order valence-corrected chi connectivity index (χ4v) is 2.24. The number of hydrogen-bond acceptors (Lipinski definition) is 4. The summed E-state index contributed by atoms with van der Waals surface area (Å²) in [6.45, 7) is -0.218. The minimum atomic E-state index is -0.487. The number of amides is 1. The number of halogens is 1. The Morgan fingerprint density at radius 3 is 2.67 bits per heavy atom. The Bertz CT molecular complexity index is 716. The number of aliphatic hydroxyl groups excluding tert-OH is 1. The highest BCUT2D eigenvalue weighted by Gasteiger charge is 2.19. The SMILES string of the molecule is COc1ccc(C(CO)N(C)C(=O)/C=C/c2cncc(F)c2)cc1. The molecule has 0 aliphatic carbocycles. The summed E-state index contributed by atoms with van der Waals surface area (Å²) < 4.78 is 18.2. The van der Waals surface area contributed by atoms with E-state index >= 15 is 0 Å². The molecule has 24 heavy (non-hydrogen) atoms. The van der Waals surface area contributed by atoms with Crippen molar-refractivity contribution >= 4 is 12.0 Å². The van der Waals surface area contributed by atoms with E-state index in [-0.39, 0.29) is 12.5 Å². The highest BCUT2D eigenvalue weighted by Crippen LogP contribution is 2.22. The van der Waals surface area contributed by atoms with Crippen molar-refractivity contribution in [3.05, 3.63) is 65.7 Å². The molecule has 126 valence electrons. The summed E-state index contributed by atoms with van der Waals surface area (Å²) >= 11 is 0. The molecular weight excluding hydrogens is 311 g/mol. The fourth-order valence-electron chi connectivity index (χ4n) is 2.24. The van der Waals surface area contributed by atoms with Crippen LogP contribution in [0, 0.1) is 5.82 Å². The number of aliphatic hydroxyl groups is 1. The summed E-state index contributed by atoms with van der Waals surface area (Å²) in [6, 6.07) is 7.92. The molecule has 1 aromatic heterocycles. The van der Waals surface area contributed by atoms with E-state index in [0.717, 1.165) is 11.8 Å². The second-order valence-electron chi connectivity index (χ2n) is 5.19. The summed E-state index contributed by atoms with van der Waals surface area (Å²) in [7, 11) is 3.17. The first-order chi connectivity index (χ1) is 11.5. The van der Waals surface area contributed by atoms with E-state index in [1.54, 1.807) is 38.4 Å². The number of benzene rings is 1. The molecule has 5 nitrogen and oxygen atoms in total. The van der Waals surface area contributed by atoms with E-state index in [0.29, 0.717) is 11.3 Å². The standard InChI is InChI=1S/C18H19FN2O3/c1-21(17(12-22)14-4-6-16(24-2)7-5-14)18(23)8-3-13-9-15(19)11-20-10-13/h3-11,17,22H,12H2,1-2H3/b8-3+. The topological polar surface area (TPSA) is 62.7 Å². The molecule has 1 atom stereocenters. The highest BCUT2D eigenvalue weighted by atomic mass is 19.1. The van der Waals surface area contributed by atoms with Crippen molar-refractivity contribution < 1.29 is 19.0 Å². The quantitative estimate of drug-likeness (QED) is 0.827. The summed E-state index contributed by atoms with van der Waals surface area (Å²) in [5, 5.41) is 9.64. The van der Waals surface area contributed by atoms with Crippen LogP contribution in [0.5, 0.6) is 5.75 Å². The Morgan fingerprint density at radius 1 is 1.38 bits per heavy atom. The normalized spacial score (nSPS) is 12.2. The van der Waals surface area contributed by atoms with Gasteiger partial charge in [0.1, 0.15) is 11.6 Å². The van der Waals surface area contributed by atoms with E-state index in [4.69, 9.17) is 4.74 Å². The molecule has 0 aliphatic rings. The lowest BCUT2D eigenvalue weighted by atomic mass is 10.1. The second-order valence-corrected chi connectivity index (χ2v) is 5.19. The van der Waals surface area contributed by atoms with Gasteiger partial charge in [-0.3, -0.25) is 9.78 Å².